The second-order valence-electron chi connectivity index (χ2n) is 4.74. The molecule has 0 amide bonds. The summed E-state index contributed by atoms with van der Waals surface area (Å²) in [6, 6.07) is 0. The van der Waals surface area contributed by atoms with Crippen molar-refractivity contribution in [3.05, 3.63) is 0 Å². The number of aliphatic hydroxyl groups excluding tert-OH is 2. The van der Waals surface area contributed by atoms with Gasteiger partial charge in [-0.2, -0.15) is 0 Å². The van der Waals surface area contributed by atoms with E-state index in [9.17, 15) is 19.8 Å². The van der Waals surface area contributed by atoms with E-state index in [-0.39, 0.29) is 18.6 Å². The zero-order valence-corrected chi connectivity index (χ0v) is 10.8. The van der Waals surface area contributed by atoms with Crippen molar-refractivity contribution in [3.8, 4) is 0 Å². The van der Waals surface area contributed by atoms with E-state index in [1.54, 1.807) is 13.8 Å². The molecule has 18 heavy (non-hydrogen) atoms. The maximum atomic E-state index is 11.5. The largest absolute Gasteiger partial charge is 0.459 e. The molecular weight excluding hydrogens is 240 g/mol. The Hall–Kier alpha value is -0.980. The maximum Gasteiger partial charge on any atom is 0.306 e. The lowest BCUT2D eigenvalue weighted by molar-refractivity contribution is -0.265. The first-order valence-corrected chi connectivity index (χ1v) is 6.03. The van der Waals surface area contributed by atoms with Gasteiger partial charge in [0.05, 0.1) is 12.5 Å². The standard InChI is InChI=1S/C12H20O6/c1-6(13)4-5-9(14)18-11-7(2)10(15)12(16)17-8(11)3/h7-8,10-12,15-16H,4-5H2,1-3H3/t7?,8?,10-,11-,12+/m0/s1. The summed E-state index contributed by atoms with van der Waals surface area (Å²) in [6.45, 7) is 4.74. The SMILES string of the molecule is CC(=O)CCC(=O)O[C@@H]1C(C)O[C@@H](O)[C@@H](O)C1C. The van der Waals surface area contributed by atoms with Crippen LogP contribution >= 0.6 is 0 Å². The molecule has 0 spiro atoms. The van der Waals surface area contributed by atoms with Crippen LogP contribution in [0.3, 0.4) is 0 Å². The number of carbonyl (C=O) groups excluding carboxylic acids is 2. The summed E-state index contributed by atoms with van der Waals surface area (Å²) < 4.78 is 10.3. The van der Waals surface area contributed by atoms with Crippen LogP contribution in [0.1, 0.15) is 33.6 Å². The van der Waals surface area contributed by atoms with E-state index < -0.39 is 36.5 Å². The summed E-state index contributed by atoms with van der Waals surface area (Å²) in [5.74, 6) is -1.01. The zero-order chi connectivity index (χ0) is 13.9. The number of Topliss-reactive ketones (excluding diaryl/α,β-unsaturated/α-hetero) is 1. The molecule has 5 atom stereocenters. The van der Waals surface area contributed by atoms with Crippen molar-refractivity contribution in [2.24, 2.45) is 5.92 Å². The van der Waals surface area contributed by atoms with Gasteiger partial charge in [0.15, 0.2) is 6.29 Å². The molecule has 2 unspecified atom stereocenters. The average molecular weight is 260 g/mol. The minimum atomic E-state index is -1.26. The number of rotatable bonds is 4. The lowest BCUT2D eigenvalue weighted by atomic mass is 9.91. The van der Waals surface area contributed by atoms with Crippen LogP contribution in [0.2, 0.25) is 0 Å². The molecular formula is C12H20O6. The zero-order valence-electron chi connectivity index (χ0n) is 10.8. The van der Waals surface area contributed by atoms with Crippen LogP contribution in [0.25, 0.3) is 0 Å². The normalized spacial score (nSPS) is 36.2. The molecule has 1 aliphatic rings. The van der Waals surface area contributed by atoms with Crippen LogP contribution in [0, 0.1) is 5.92 Å². The fraction of sp³-hybridized carbons (Fsp3) is 0.833. The van der Waals surface area contributed by atoms with Crippen LogP contribution in [0.5, 0.6) is 0 Å². The Morgan fingerprint density at radius 3 is 2.39 bits per heavy atom. The highest BCUT2D eigenvalue weighted by atomic mass is 16.6. The van der Waals surface area contributed by atoms with Gasteiger partial charge in [0.25, 0.3) is 0 Å². The first-order chi connectivity index (χ1) is 8.32. The van der Waals surface area contributed by atoms with Crippen molar-refractivity contribution in [2.75, 3.05) is 0 Å². The van der Waals surface area contributed by atoms with E-state index in [1.165, 1.54) is 6.92 Å². The third-order valence-electron chi connectivity index (χ3n) is 3.11. The number of esters is 1. The van der Waals surface area contributed by atoms with Crippen molar-refractivity contribution >= 4 is 11.8 Å². The molecule has 104 valence electrons. The predicted octanol–water partition coefficient (Wildman–Crippen LogP) is 0.00150. The Kier molecular flexibility index (Phi) is 5.25. The molecule has 0 bridgehead atoms. The Bertz CT molecular complexity index is 316. The fourth-order valence-corrected chi connectivity index (χ4v) is 1.95. The Morgan fingerprint density at radius 2 is 1.83 bits per heavy atom. The van der Waals surface area contributed by atoms with Crippen molar-refractivity contribution in [1.29, 1.82) is 0 Å². The van der Waals surface area contributed by atoms with Gasteiger partial charge < -0.3 is 24.5 Å². The van der Waals surface area contributed by atoms with E-state index in [0.29, 0.717) is 0 Å². The summed E-state index contributed by atoms with van der Waals surface area (Å²) >= 11 is 0. The third-order valence-corrected chi connectivity index (χ3v) is 3.11. The van der Waals surface area contributed by atoms with Crippen LogP contribution in [0.4, 0.5) is 0 Å². The number of carbonyl (C=O) groups is 2. The van der Waals surface area contributed by atoms with Gasteiger partial charge in [-0.3, -0.25) is 4.79 Å². The molecule has 2 N–H and O–H groups in total. The van der Waals surface area contributed by atoms with Crippen molar-refractivity contribution in [2.45, 2.75) is 58.2 Å². The highest BCUT2D eigenvalue weighted by molar-refractivity contribution is 5.81. The van der Waals surface area contributed by atoms with E-state index >= 15 is 0 Å². The van der Waals surface area contributed by atoms with Gasteiger partial charge in [-0.25, -0.2) is 0 Å². The summed E-state index contributed by atoms with van der Waals surface area (Å²) in [5, 5.41) is 19.0. The van der Waals surface area contributed by atoms with Gasteiger partial charge in [-0.15, -0.1) is 0 Å². The smallest absolute Gasteiger partial charge is 0.306 e. The summed E-state index contributed by atoms with van der Waals surface area (Å²) in [5.41, 5.74) is 0. The van der Waals surface area contributed by atoms with Gasteiger partial charge in [0.2, 0.25) is 0 Å². The van der Waals surface area contributed by atoms with E-state index in [1.807, 2.05) is 0 Å². The lowest BCUT2D eigenvalue weighted by Crippen LogP contribution is -2.53. The number of hydrogen-bond donors (Lipinski definition) is 2. The van der Waals surface area contributed by atoms with Gasteiger partial charge in [-0.05, 0) is 13.8 Å². The molecule has 6 heteroatoms. The number of hydrogen-bond acceptors (Lipinski definition) is 6. The van der Waals surface area contributed by atoms with Crippen molar-refractivity contribution in [1.82, 2.24) is 0 Å². The highest BCUT2D eigenvalue weighted by Crippen LogP contribution is 2.27. The number of ketones is 1. The van der Waals surface area contributed by atoms with Gasteiger partial charge in [-0.1, -0.05) is 6.92 Å². The topological polar surface area (TPSA) is 93.1 Å². The van der Waals surface area contributed by atoms with Crippen LogP contribution in [-0.2, 0) is 19.1 Å². The second-order valence-corrected chi connectivity index (χ2v) is 4.74. The molecule has 1 saturated heterocycles. The molecule has 0 aliphatic carbocycles. The number of ether oxygens (including phenoxy) is 2. The second kappa shape index (κ2) is 6.26. The monoisotopic (exact) mass is 260 g/mol. The Labute approximate surface area is 106 Å². The number of aliphatic hydroxyl groups is 2. The van der Waals surface area contributed by atoms with Gasteiger partial charge >= 0.3 is 5.97 Å². The van der Waals surface area contributed by atoms with Crippen LogP contribution in [-0.4, -0.2) is 46.6 Å². The van der Waals surface area contributed by atoms with E-state index in [2.05, 4.69) is 0 Å². The van der Waals surface area contributed by atoms with E-state index in [4.69, 9.17) is 9.47 Å². The summed E-state index contributed by atoms with van der Waals surface area (Å²) in [4.78, 5) is 22.3. The minimum Gasteiger partial charge on any atom is -0.459 e. The molecule has 6 nitrogen and oxygen atoms in total. The minimum absolute atomic E-state index is 0.0178. The average Bonchev–Trinajstić information content (AvgIpc) is 2.29. The summed E-state index contributed by atoms with van der Waals surface area (Å²) in [6.07, 6.45) is -3.32. The van der Waals surface area contributed by atoms with Crippen LogP contribution in [0.15, 0.2) is 0 Å². The van der Waals surface area contributed by atoms with Crippen molar-refractivity contribution < 1.29 is 29.3 Å². The third kappa shape index (κ3) is 3.76. The quantitative estimate of drug-likeness (QED) is 0.691. The first-order valence-electron chi connectivity index (χ1n) is 6.03. The molecule has 0 radical (unpaired) electrons. The maximum absolute atomic E-state index is 11.5. The molecule has 0 aromatic carbocycles. The molecule has 1 heterocycles. The molecule has 1 aliphatic heterocycles. The molecule has 0 aromatic heterocycles. The molecule has 0 aromatic rings. The van der Waals surface area contributed by atoms with Crippen molar-refractivity contribution in [3.63, 3.8) is 0 Å². The highest BCUT2D eigenvalue weighted by Gasteiger charge is 2.42. The van der Waals surface area contributed by atoms with Gasteiger partial charge in [0, 0.05) is 12.3 Å². The lowest BCUT2D eigenvalue weighted by Gasteiger charge is -2.39. The molecule has 0 saturated carbocycles. The molecule has 1 rings (SSSR count). The Morgan fingerprint density at radius 1 is 1.22 bits per heavy atom. The summed E-state index contributed by atoms with van der Waals surface area (Å²) in [7, 11) is 0. The fourth-order valence-electron chi connectivity index (χ4n) is 1.95. The first kappa shape index (κ1) is 15.1. The van der Waals surface area contributed by atoms with Crippen LogP contribution < -0.4 is 0 Å². The predicted molar refractivity (Wildman–Crippen MR) is 61.5 cm³/mol. The Balaban J connectivity index is 2.54. The van der Waals surface area contributed by atoms with Gasteiger partial charge in [0.1, 0.15) is 18.0 Å². The molecule has 1 fully saturated rings. The van der Waals surface area contributed by atoms with E-state index in [0.717, 1.165) is 0 Å².